The second-order valence-electron chi connectivity index (χ2n) is 4.26. The Morgan fingerprint density at radius 3 is 2.44 bits per heavy atom. The van der Waals surface area contributed by atoms with Crippen LogP contribution in [0.5, 0.6) is 0 Å². The molecule has 5 heteroatoms. The normalized spacial score (nSPS) is 12.3. The molecule has 94 valence electrons. The van der Waals surface area contributed by atoms with Gasteiger partial charge in [0.15, 0.2) is 0 Å². The van der Waals surface area contributed by atoms with E-state index < -0.39 is 5.69 Å². The largest absolute Gasteiger partial charge is 0.352 e. The van der Waals surface area contributed by atoms with Crippen molar-refractivity contribution in [2.75, 3.05) is 0 Å². The Morgan fingerprint density at radius 2 is 1.89 bits per heavy atom. The third-order valence-corrected chi connectivity index (χ3v) is 2.93. The highest BCUT2D eigenvalue weighted by Crippen LogP contribution is 2.10. The van der Waals surface area contributed by atoms with Crippen molar-refractivity contribution in [3.05, 3.63) is 63.5 Å². The first kappa shape index (κ1) is 12.2. The first-order valence-electron chi connectivity index (χ1n) is 5.66. The summed E-state index contributed by atoms with van der Waals surface area (Å²) in [6.45, 7) is 7.42. The number of aromatic amines is 1. The molecule has 2 aromatic rings. The predicted molar refractivity (Wildman–Crippen MR) is 70.2 cm³/mol. The van der Waals surface area contributed by atoms with Crippen LogP contribution < -0.4 is 11.4 Å². The van der Waals surface area contributed by atoms with E-state index >= 15 is 0 Å². The molecule has 1 aromatic carbocycles. The fourth-order valence-electron chi connectivity index (χ4n) is 1.68. The zero-order chi connectivity index (χ0) is 13.3. The summed E-state index contributed by atoms with van der Waals surface area (Å²) in [5, 5.41) is 2.54. The van der Waals surface area contributed by atoms with Gasteiger partial charge in [-0.25, -0.2) is 23.9 Å². The van der Waals surface area contributed by atoms with Gasteiger partial charge in [-0.3, -0.25) is 0 Å². The molecule has 0 aliphatic carbocycles. The highest BCUT2D eigenvalue weighted by atomic mass is 16.2. The summed E-state index contributed by atoms with van der Waals surface area (Å²) < 4.78 is 2.40. The molecule has 1 heterocycles. The predicted octanol–water partition coefficient (Wildman–Crippen LogP) is 1.46. The van der Waals surface area contributed by atoms with Gasteiger partial charge in [0, 0.05) is 0 Å². The quantitative estimate of drug-likeness (QED) is 0.832. The third-order valence-electron chi connectivity index (χ3n) is 2.93. The molecule has 0 spiro atoms. The van der Waals surface area contributed by atoms with Crippen molar-refractivity contribution < 1.29 is 0 Å². The van der Waals surface area contributed by atoms with E-state index in [-0.39, 0.29) is 11.7 Å². The summed E-state index contributed by atoms with van der Waals surface area (Å²) >= 11 is 0. The molecule has 0 amide bonds. The molecule has 0 aliphatic rings. The van der Waals surface area contributed by atoms with Crippen LogP contribution in [0.1, 0.15) is 19.9 Å². The molecule has 2 rings (SSSR count). The maximum Gasteiger partial charge on any atom is 0.352 e. The number of nitrogens with zero attached hydrogens (tertiary/aromatic N) is 2. The second-order valence-corrected chi connectivity index (χ2v) is 4.26. The number of para-hydroxylation sites is 1. The van der Waals surface area contributed by atoms with Crippen molar-refractivity contribution in [3.63, 3.8) is 0 Å². The van der Waals surface area contributed by atoms with Crippen molar-refractivity contribution in [3.8, 4) is 5.69 Å². The first-order chi connectivity index (χ1) is 8.52. The van der Waals surface area contributed by atoms with E-state index in [1.807, 2.05) is 19.9 Å². The van der Waals surface area contributed by atoms with Gasteiger partial charge < -0.3 is 0 Å². The lowest BCUT2D eigenvalue weighted by Crippen LogP contribution is -2.28. The van der Waals surface area contributed by atoms with Gasteiger partial charge in [0.2, 0.25) is 0 Å². The number of hydrogen-bond acceptors (Lipinski definition) is 2. The molecule has 1 N–H and O–H groups in total. The zero-order valence-corrected chi connectivity index (χ0v) is 10.4. The van der Waals surface area contributed by atoms with Crippen LogP contribution in [0.3, 0.4) is 0 Å². The number of rotatable bonds is 3. The Hall–Kier alpha value is -2.30. The van der Waals surface area contributed by atoms with Crippen LogP contribution in [0, 0.1) is 0 Å². The summed E-state index contributed by atoms with van der Waals surface area (Å²) in [6, 6.07) is 8.58. The fraction of sp³-hybridized carbons (Fsp3) is 0.231. The molecular weight excluding hydrogens is 230 g/mol. The van der Waals surface area contributed by atoms with E-state index in [0.717, 1.165) is 10.1 Å². The molecule has 1 atom stereocenters. The topological polar surface area (TPSA) is 59.8 Å². The van der Waals surface area contributed by atoms with Crippen molar-refractivity contribution >= 4 is 0 Å². The molecular formula is C13H15N3O2. The molecule has 0 aliphatic heterocycles. The standard InChI is InChI=1S/C13H15N3O2/c1-9(2)10(3)16-13(18)15(12(17)14-16)11-7-5-4-6-8-11/h4-8,10H,1H2,2-3H3,(H,14,17)/t10-/m0/s1. The molecule has 18 heavy (non-hydrogen) atoms. The molecule has 0 unspecified atom stereocenters. The van der Waals surface area contributed by atoms with Gasteiger partial charge in [0.25, 0.3) is 0 Å². The van der Waals surface area contributed by atoms with Crippen LogP contribution in [-0.4, -0.2) is 14.3 Å². The smallest absolute Gasteiger partial charge is 0.246 e. The van der Waals surface area contributed by atoms with E-state index in [9.17, 15) is 9.59 Å². The van der Waals surface area contributed by atoms with Gasteiger partial charge in [-0.05, 0) is 26.0 Å². The highest BCUT2D eigenvalue weighted by molar-refractivity contribution is 5.30. The fourth-order valence-corrected chi connectivity index (χ4v) is 1.68. The number of H-pyrrole nitrogens is 1. The van der Waals surface area contributed by atoms with Gasteiger partial charge >= 0.3 is 11.4 Å². The first-order valence-corrected chi connectivity index (χ1v) is 5.66. The lowest BCUT2D eigenvalue weighted by atomic mass is 10.2. The van der Waals surface area contributed by atoms with Crippen molar-refractivity contribution in [1.82, 2.24) is 14.3 Å². The van der Waals surface area contributed by atoms with Crippen LogP contribution in [0.25, 0.3) is 5.69 Å². The summed E-state index contributed by atoms with van der Waals surface area (Å²) in [6.07, 6.45) is 0. The van der Waals surface area contributed by atoms with E-state index in [1.54, 1.807) is 24.3 Å². The minimum Gasteiger partial charge on any atom is -0.246 e. The Kier molecular flexibility index (Phi) is 3.06. The second kappa shape index (κ2) is 4.52. The van der Waals surface area contributed by atoms with Crippen LogP contribution in [-0.2, 0) is 0 Å². The van der Waals surface area contributed by atoms with Gasteiger partial charge in [-0.15, -0.1) is 0 Å². The Morgan fingerprint density at radius 1 is 1.28 bits per heavy atom. The summed E-state index contributed by atoms with van der Waals surface area (Å²) in [5.41, 5.74) is 0.524. The van der Waals surface area contributed by atoms with E-state index in [0.29, 0.717) is 5.69 Å². The van der Waals surface area contributed by atoms with Gasteiger partial charge in [-0.1, -0.05) is 30.4 Å². The number of aromatic nitrogens is 3. The van der Waals surface area contributed by atoms with Crippen molar-refractivity contribution in [1.29, 1.82) is 0 Å². The average Bonchev–Trinajstić information content (AvgIpc) is 2.65. The van der Waals surface area contributed by atoms with Crippen molar-refractivity contribution in [2.24, 2.45) is 0 Å². The SMILES string of the molecule is C=C(C)[C@H](C)n1[nH]c(=O)n(-c2ccccc2)c1=O. The monoisotopic (exact) mass is 245 g/mol. The number of benzene rings is 1. The lowest BCUT2D eigenvalue weighted by molar-refractivity contribution is 0.531. The minimum atomic E-state index is -0.445. The Labute approximate surface area is 104 Å². The van der Waals surface area contributed by atoms with Crippen molar-refractivity contribution in [2.45, 2.75) is 19.9 Å². The highest BCUT2D eigenvalue weighted by Gasteiger charge is 2.15. The summed E-state index contributed by atoms with van der Waals surface area (Å²) in [5.74, 6) is 0. The molecule has 0 saturated heterocycles. The number of nitrogens with one attached hydrogen (secondary N) is 1. The molecule has 1 aromatic heterocycles. The van der Waals surface area contributed by atoms with E-state index in [1.165, 1.54) is 4.68 Å². The van der Waals surface area contributed by atoms with E-state index in [4.69, 9.17) is 0 Å². The third kappa shape index (κ3) is 1.95. The lowest BCUT2D eigenvalue weighted by Gasteiger charge is -2.10. The van der Waals surface area contributed by atoms with Crippen LogP contribution in [0.4, 0.5) is 0 Å². The molecule has 5 nitrogen and oxygen atoms in total. The molecule has 0 bridgehead atoms. The average molecular weight is 245 g/mol. The Balaban J connectivity index is 2.63. The van der Waals surface area contributed by atoms with Gasteiger partial charge in [-0.2, -0.15) is 0 Å². The molecule has 0 saturated carbocycles. The van der Waals surface area contributed by atoms with Gasteiger partial charge in [0.1, 0.15) is 0 Å². The maximum absolute atomic E-state index is 12.2. The number of hydrogen-bond donors (Lipinski definition) is 1. The number of allylic oxidation sites excluding steroid dienone is 1. The maximum atomic E-state index is 12.2. The zero-order valence-electron chi connectivity index (χ0n) is 10.4. The van der Waals surface area contributed by atoms with E-state index in [2.05, 4.69) is 11.7 Å². The summed E-state index contributed by atoms with van der Waals surface area (Å²) in [4.78, 5) is 24.0. The molecule has 0 fully saturated rings. The Bertz CT molecular complexity index is 676. The van der Waals surface area contributed by atoms with Crippen LogP contribution in [0.2, 0.25) is 0 Å². The van der Waals surface area contributed by atoms with Crippen LogP contribution in [0.15, 0.2) is 52.1 Å². The molecule has 0 radical (unpaired) electrons. The van der Waals surface area contributed by atoms with Gasteiger partial charge in [0.05, 0.1) is 11.7 Å². The van der Waals surface area contributed by atoms with Crippen LogP contribution >= 0.6 is 0 Å². The minimum absolute atomic E-state index is 0.241. The summed E-state index contributed by atoms with van der Waals surface area (Å²) in [7, 11) is 0.